The van der Waals surface area contributed by atoms with Gasteiger partial charge in [-0.25, -0.2) is 0 Å². The maximum absolute atomic E-state index is 8.28. The van der Waals surface area contributed by atoms with E-state index in [1.54, 1.807) is 12.1 Å². The molecule has 0 heterocycles. The fraction of sp³-hybridized carbons (Fsp3) is 0. The molecular weight excluding hydrogens is 237 g/mol. The zero-order valence-corrected chi connectivity index (χ0v) is 8.43. The first-order valence-corrected chi connectivity index (χ1v) is 4.42. The van der Waals surface area contributed by atoms with E-state index < -0.39 is 0 Å². The zero-order valence-electron chi connectivity index (χ0n) is 6.09. The predicted molar refractivity (Wildman–Crippen MR) is 53.8 cm³/mol. The number of hydrogen-bond donors (Lipinski definition) is 0. The normalized spacial score (nSPS) is 10.1. The van der Waals surface area contributed by atoms with Gasteiger partial charge >= 0.3 is 0 Å². The van der Waals surface area contributed by atoms with Crippen LogP contribution in [-0.4, -0.2) is 0 Å². The minimum Gasteiger partial charge on any atom is -0.193 e. The lowest BCUT2D eigenvalue weighted by Crippen LogP contribution is -1.73. The van der Waals surface area contributed by atoms with Crippen molar-refractivity contribution in [1.82, 2.24) is 0 Å². The molecule has 0 aliphatic rings. The molecule has 0 atom stereocenters. The summed E-state index contributed by atoms with van der Waals surface area (Å²) in [5.41, 5.74) is 0.952. The Morgan fingerprint density at radius 3 is 2.83 bits per heavy atom. The molecule has 0 N–H and O–H groups in total. The lowest BCUT2D eigenvalue weighted by Gasteiger charge is -1.96. The molecule has 0 aliphatic carbocycles. The number of nitriles is 1. The smallest absolute Gasteiger partial charge is 0.0912 e. The lowest BCUT2D eigenvalue weighted by molar-refractivity contribution is 1.53. The summed E-state index contributed by atoms with van der Waals surface area (Å²) in [6.07, 6.45) is 3.15. The van der Waals surface area contributed by atoms with Gasteiger partial charge in [-0.05, 0) is 39.7 Å². The van der Waals surface area contributed by atoms with Crippen molar-refractivity contribution < 1.29 is 0 Å². The molecule has 0 aliphatic heterocycles. The Morgan fingerprint density at radius 1 is 1.50 bits per heavy atom. The van der Waals surface area contributed by atoms with Gasteiger partial charge in [-0.1, -0.05) is 17.7 Å². The quantitative estimate of drug-likeness (QED) is 0.690. The second-order valence-electron chi connectivity index (χ2n) is 2.14. The lowest BCUT2D eigenvalue weighted by atomic mass is 10.2. The molecule has 0 bridgehead atoms. The molecule has 0 aromatic heterocycles. The fourth-order valence-corrected chi connectivity index (χ4v) is 1.26. The van der Waals surface area contributed by atoms with Crippen LogP contribution in [-0.2, 0) is 0 Å². The highest BCUT2D eigenvalue weighted by Gasteiger charge is 1.95. The summed E-state index contributed by atoms with van der Waals surface area (Å²) in [5, 5.41) is 8.95. The molecule has 0 spiro atoms. The van der Waals surface area contributed by atoms with E-state index in [9.17, 15) is 0 Å². The van der Waals surface area contributed by atoms with Crippen LogP contribution in [0.1, 0.15) is 5.56 Å². The average molecular weight is 243 g/mol. The number of halogens is 2. The van der Waals surface area contributed by atoms with E-state index in [1.807, 2.05) is 18.2 Å². The average Bonchev–Trinajstić information content (AvgIpc) is 2.07. The third-order valence-electron chi connectivity index (χ3n) is 1.29. The van der Waals surface area contributed by atoms with E-state index >= 15 is 0 Å². The number of nitrogens with zero attached hydrogens (tertiary/aromatic N) is 1. The molecular formula is C9H5BrClN. The van der Waals surface area contributed by atoms with Crippen LogP contribution in [0.4, 0.5) is 0 Å². The van der Waals surface area contributed by atoms with Crippen molar-refractivity contribution in [3.63, 3.8) is 0 Å². The molecule has 1 aromatic rings. The molecule has 0 saturated heterocycles. The molecule has 60 valence electrons. The second-order valence-corrected chi connectivity index (χ2v) is 3.40. The minimum absolute atomic E-state index is 0.670. The Hall–Kier alpha value is -0.780. The Balaban J connectivity index is 2.99. The van der Waals surface area contributed by atoms with Crippen molar-refractivity contribution in [2.24, 2.45) is 0 Å². The first-order chi connectivity index (χ1) is 5.74. The highest BCUT2D eigenvalue weighted by Crippen LogP contribution is 2.23. The summed E-state index contributed by atoms with van der Waals surface area (Å²) in [4.78, 5) is 0. The van der Waals surface area contributed by atoms with Crippen molar-refractivity contribution in [2.75, 3.05) is 0 Å². The first kappa shape index (κ1) is 9.31. The van der Waals surface area contributed by atoms with Crippen LogP contribution in [0.25, 0.3) is 6.08 Å². The molecule has 1 rings (SSSR count). The van der Waals surface area contributed by atoms with Gasteiger partial charge in [0.25, 0.3) is 0 Å². The SMILES string of the molecule is N#C/C=C/c1ccc(Cl)c(Br)c1. The van der Waals surface area contributed by atoms with Crippen molar-refractivity contribution in [1.29, 1.82) is 5.26 Å². The van der Waals surface area contributed by atoms with Crippen LogP contribution in [0.3, 0.4) is 0 Å². The number of hydrogen-bond acceptors (Lipinski definition) is 1. The summed E-state index contributed by atoms with van der Waals surface area (Å²) in [5.74, 6) is 0. The number of benzene rings is 1. The van der Waals surface area contributed by atoms with Crippen LogP contribution in [0, 0.1) is 11.3 Å². The Kier molecular flexibility index (Phi) is 3.33. The van der Waals surface area contributed by atoms with Gasteiger partial charge in [0.1, 0.15) is 0 Å². The molecule has 0 unspecified atom stereocenters. The van der Waals surface area contributed by atoms with E-state index in [0.29, 0.717) is 5.02 Å². The second kappa shape index (κ2) is 4.30. The standard InChI is InChI=1S/C9H5BrClN/c10-8-6-7(2-1-5-12)3-4-9(8)11/h1-4,6H/b2-1+. The Bertz CT molecular complexity index is 352. The maximum atomic E-state index is 8.28. The summed E-state index contributed by atoms with van der Waals surface area (Å²) in [6, 6.07) is 7.41. The van der Waals surface area contributed by atoms with Crippen molar-refractivity contribution >= 4 is 33.6 Å². The largest absolute Gasteiger partial charge is 0.193 e. The van der Waals surface area contributed by atoms with E-state index in [1.165, 1.54) is 6.08 Å². The predicted octanol–water partition coefficient (Wildman–Crippen LogP) is 3.64. The van der Waals surface area contributed by atoms with Gasteiger partial charge in [0.15, 0.2) is 0 Å². The monoisotopic (exact) mass is 241 g/mol. The first-order valence-electron chi connectivity index (χ1n) is 3.25. The third-order valence-corrected chi connectivity index (χ3v) is 2.51. The minimum atomic E-state index is 0.670. The highest BCUT2D eigenvalue weighted by molar-refractivity contribution is 9.10. The highest BCUT2D eigenvalue weighted by atomic mass is 79.9. The molecule has 3 heteroatoms. The van der Waals surface area contributed by atoms with Crippen LogP contribution in [0.5, 0.6) is 0 Å². The van der Waals surface area contributed by atoms with Crippen LogP contribution < -0.4 is 0 Å². The number of allylic oxidation sites excluding steroid dienone is 1. The molecule has 0 fully saturated rings. The van der Waals surface area contributed by atoms with Crippen molar-refractivity contribution in [2.45, 2.75) is 0 Å². The van der Waals surface area contributed by atoms with Crippen molar-refractivity contribution in [3.05, 3.63) is 39.3 Å². The zero-order chi connectivity index (χ0) is 8.97. The fourth-order valence-electron chi connectivity index (χ4n) is 0.750. The van der Waals surface area contributed by atoms with E-state index in [-0.39, 0.29) is 0 Å². The van der Waals surface area contributed by atoms with E-state index in [2.05, 4.69) is 15.9 Å². The third kappa shape index (κ3) is 2.37. The van der Waals surface area contributed by atoms with Crippen LogP contribution in [0.2, 0.25) is 5.02 Å². The maximum Gasteiger partial charge on any atom is 0.0912 e. The van der Waals surface area contributed by atoms with E-state index in [4.69, 9.17) is 16.9 Å². The van der Waals surface area contributed by atoms with Crippen LogP contribution >= 0.6 is 27.5 Å². The van der Waals surface area contributed by atoms with Crippen LogP contribution in [0.15, 0.2) is 28.7 Å². The van der Waals surface area contributed by atoms with Crippen molar-refractivity contribution in [3.8, 4) is 6.07 Å². The molecule has 0 amide bonds. The van der Waals surface area contributed by atoms with Gasteiger partial charge < -0.3 is 0 Å². The van der Waals surface area contributed by atoms with Gasteiger partial charge in [-0.15, -0.1) is 0 Å². The Morgan fingerprint density at radius 2 is 2.25 bits per heavy atom. The Labute approximate surface area is 84.4 Å². The summed E-state index contributed by atoms with van der Waals surface area (Å²) in [7, 11) is 0. The van der Waals surface area contributed by atoms with Gasteiger partial charge in [0.05, 0.1) is 11.1 Å². The molecule has 1 nitrogen and oxygen atoms in total. The van der Waals surface area contributed by atoms with Gasteiger partial charge in [0.2, 0.25) is 0 Å². The van der Waals surface area contributed by atoms with Gasteiger partial charge in [-0.2, -0.15) is 5.26 Å². The summed E-state index contributed by atoms with van der Waals surface area (Å²) >= 11 is 9.07. The topological polar surface area (TPSA) is 23.8 Å². The van der Waals surface area contributed by atoms with E-state index in [0.717, 1.165) is 10.0 Å². The molecule has 0 saturated carbocycles. The molecule has 1 aromatic carbocycles. The van der Waals surface area contributed by atoms with Gasteiger partial charge in [0, 0.05) is 10.5 Å². The summed E-state index contributed by atoms with van der Waals surface area (Å²) < 4.78 is 0.837. The molecule has 12 heavy (non-hydrogen) atoms. The number of rotatable bonds is 1. The molecule has 0 radical (unpaired) electrons. The summed E-state index contributed by atoms with van der Waals surface area (Å²) in [6.45, 7) is 0. The van der Waals surface area contributed by atoms with Gasteiger partial charge in [-0.3, -0.25) is 0 Å².